The molecule has 9 heteroatoms. The van der Waals surface area contributed by atoms with Gasteiger partial charge in [-0.25, -0.2) is 9.78 Å². The fourth-order valence-electron chi connectivity index (χ4n) is 1.59. The molecule has 110 valence electrons. The number of hydrogen-bond donors (Lipinski definition) is 1. The van der Waals surface area contributed by atoms with Gasteiger partial charge in [0.25, 0.3) is 0 Å². The van der Waals surface area contributed by atoms with Gasteiger partial charge in [-0.1, -0.05) is 69.6 Å². The summed E-state index contributed by atoms with van der Waals surface area (Å²) < 4.78 is 0. The number of halogens is 6. The van der Waals surface area contributed by atoms with Crippen LogP contribution in [0.2, 0.25) is 30.3 Å². The van der Waals surface area contributed by atoms with Crippen LogP contribution in [0.4, 0.5) is 0 Å². The first-order valence-electron chi connectivity index (χ1n) is 5.16. The quantitative estimate of drug-likeness (QED) is 0.359. The maximum Gasteiger partial charge on any atom is 0.338 e. The molecule has 0 saturated carbocycles. The lowest BCUT2D eigenvalue weighted by atomic mass is 10.1. The van der Waals surface area contributed by atoms with Gasteiger partial charge in [-0.05, 0) is 6.07 Å². The van der Waals surface area contributed by atoms with E-state index in [4.69, 9.17) is 74.7 Å². The molecule has 0 atom stereocenters. The van der Waals surface area contributed by atoms with Gasteiger partial charge in [0.15, 0.2) is 0 Å². The zero-order valence-electron chi connectivity index (χ0n) is 9.73. The smallest absolute Gasteiger partial charge is 0.338 e. The zero-order chi connectivity index (χ0) is 15.9. The van der Waals surface area contributed by atoms with Crippen molar-refractivity contribution in [3.05, 3.63) is 48.1 Å². The molecule has 0 unspecified atom stereocenters. The van der Waals surface area contributed by atoms with Crippen molar-refractivity contribution < 1.29 is 9.90 Å². The van der Waals surface area contributed by atoms with E-state index in [2.05, 4.69) is 4.98 Å². The Bertz CT molecular complexity index is 733. The largest absolute Gasteiger partial charge is 0.478 e. The summed E-state index contributed by atoms with van der Waals surface area (Å²) in [5.41, 5.74) is 0.320. The van der Waals surface area contributed by atoms with Crippen LogP contribution in [-0.2, 0) is 0 Å². The summed E-state index contributed by atoms with van der Waals surface area (Å²) >= 11 is 35.8. The maximum atomic E-state index is 11.1. The molecule has 0 amide bonds. The molecule has 0 aliphatic carbocycles. The molecule has 1 aromatic carbocycles. The Hall–Kier alpha value is -0.420. The van der Waals surface area contributed by atoms with Gasteiger partial charge in [-0.3, -0.25) is 0 Å². The molecule has 0 saturated heterocycles. The van der Waals surface area contributed by atoms with Crippen molar-refractivity contribution in [1.82, 2.24) is 4.98 Å². The van der Waals surface area contributed by atoms with Crippen molar-refractivity contribution in [3.63, 3.8) is 0 Å². The van der Waals surface area contributed by atoms with Crippen LogP contribution in [0.15, 0.2) is 12.3 Å². The molecular weight excluding hydrogens is 403 g/mol. The van der Waals surface area contributed by atoms with Crippen LogP contribution in [0.1, 0.15) is 10.4 Å². The highest BCUT2D eigenvalue weighted by Gasteiger charge is 2.22. The van der Waals surface area contributed by atoms with Crippen molar-refractivity contribution in [1.29, 1.82) is 0 Å². The van der Waals surface area contributed by atoms with E-state index in [9.17, 15) is 4.79 Å². The van der Waals surface area contributed by atoms with Gasteiger partial charge in [0.2, 0.25) is 0 Å². The molecule has 2 aromatic rings. The number of nitrogens with zero attached hydrogens (tertiary/aromatic N) is 1. The third-order valence-corrected chi connectivity index (χ3v) is 5.15. The Morgan fingerprint density at radius 1 is 0.905 bits per heavy atom. The Morgan fingerprint density at radius 2 is 1.38 bits per heavy atom. The van der Waals surface area contributed by atoms with E-state index in [0.29, 0.717) is 5.56 Å². The average Bonchev–Trinajstić information content (AvgIpc) is 2.44. The standard InChI is InChI=1S/C12H3Cl6NO2/c13-6-5(7(14)9(16)10(17)8(6)15)3-1-4(12(20)21)11(18)19-2-3/h1-2H,(H,20,21). The van der Waals surface area contributed by atoms with E-state index in [0.717, 1.165) is 0 Å². The van der Waals surface area contributed by atoms with E-state index in [1.165, 1.54) is 12.3 Å². The number of carboxylic acids is 1. The van der Waals surface area contributed by atoms with E-state index < -0.39 is 5.97 Å². The fourth-order valence-corrected chi connectivity index (χ4v) is 3.13. The highest BCUT2D eigenvalue weighted by Crippen LogP contribution is 2.48. The number of rotatable bonds is 2. The van der Waals surface area contributed by atoms with Crippen molar-refractivity contribution >= 4 is 75.6 Å². The van der Waals surface area contributed by atoms with E-state index >= 15 is 0 Å². The molecule has 0 aliphatic rings. The minimum Gasteiger partial charge on any atom is -0.478 e. The highest BCUT2D eigenvalue weighted by molar-refractivity contribution is 6.56. The molecule has 2 rings (SSSR count). The first kappa shape index (κ1) is 16.9. The Labute approximate surface area is 149 Å². The van der Waals surface area contributed by atoms with Gasteiger partial charge in [-0.15, -0.1) is 0 Å². The summed E-state index contributed by atoms with van der Waals surface area (Å²) in [4.78, 5) is 14.9. The molecule has 0 radical (unpaired) electrons. The van der Waals surface area contributed by atoms with E-state index in [1.807, 2.05) is 0 Å². The first-order chi connectivity index (χ1) is 9.75. The number of aromatic nitrogens is 1. The van der Waals surface area contributed by atoms with Gasteiger partial charge < -0.3 is 5.11 Å². The Kier molecular flexibility index (Phi) is 5.14. The second-order valence-electron chi connectivity index (χ2n) is 3.81. The molecule has 0 spiro atoms. The summed E-state index contributed by atoms with van der Waals surface area (Å²) in [6, 6.07) is 1.27. The van der Waals surface area contributed by atoms with Crippen LogP contribution in [0, 0.1) is 0 Å². The van der Waals surface area contributed by atoms with Gasteiger partial charge in [0, 0.05) is 17.3 Å². The third kappa shape index (κ3) is 3.04. The molecule has 0 aliphatic heterocycles. The monoisotopic (exact) mass is 403 g/mol. The number of carboxylic acid groups (broad SMARTS) is 1. The molecular formula is C12H3Cl6NO2. The summed E-state index contributed by atoms with van der Waals surface area (Å²) in [7, 11) is 0. The normalized spacial score (nSPS) is 10.8. The van der Waals surface area contributed by atoms with Gasteiger partial charge in [0.05, 0.1) is 30.7 Å². The molecule has 21 heavy (non-hydrogen) atoms. The molecule has 1 aromatic heterocycles. The first-order valence-corrected chi connectivity index (χ1v) is 7.43. The van der Waals surface area contributed by atoms with Crippen molar-refractivity contribution in [3.8, 4) is 11.1 Å². The van der Waals surface area contributed by atoms with E-state index in [1.54, 1.807) is 0 Å². The lowest BCUT2D eigenvalue weighted by Crippen LogP contribution is -2.00. The van der Waals surface area contributed by atoms with Crippen LogP contribution in [0.5, 0.6) is 0 Å². The number of carbonyl (C=O) groups is 1. The topological polar surface area (TPSA) is 50.2 Å². The number of pyridine rings is 1. The average molecular weight is 406 g/mol. The second kappa shape index (κ2) is 6.37. The van der Waals surface area contributed by atoms with Crippen LogP contribution >= 0.6 is 69.6 Å². The van der Waals surface area contributed by atoms with Gasteiger partial charge in [0.1, 0.15) is 5.15 Å². The number of benzene rings is 1. The van der Waals surface area contributed by atoms with Crippen LogP contribution in [0.25, 0.3) is 11.1 Å². The maximum absolute atomic E-state index is 11.1. The molecule has 3 nitrogen and oxygen atoms in total. The summed E-state index contributed by atoms with van der Waals surface area (Å²) in [5.74, 6) is -1.24. The fraction of sp³-hybridized carbons (Fsp3) is 0. The zero-order valence-corrected chi connectivity index (χ0v) is 14.3. The minimum atomic E-state index is -1.24. The van der Waals surface area contributed by atoms with Gasteiger partial charge >= 0.3 is 5.97 Å². The summed E-state index contributed by atoms with van der Waals surface area (Å²) in [6.07, 6.45) is 1.31. The lowest BCUT2D eigenvalue weighted by Gasteiger charge is -2.13. The predicted octanol–water partition coefficient (Wildman–Crippen LogP) is 6.37. The highest BCUT2D eigenvalue weighted by atomic mass is 35.5. The minimum absolute atomic E-state index is 0.00885. The number of hydrogen-bond acceptors (Lipinski definition) is 2. The van der Waals surface area contributed by atoms with Crippen molar-refractivity contribution in [2.45, 2.75) is 0 Å². The number of aromatic carboxylic acids is 1. The van der Waals surface area contributed by atoms with Crippen LogP contribution in [0.3, 0.4) is 0 Å². The molecule has 0 bridgehead atoms. The predicted molar refractivity (Wildman–Crippen MR) is 86.7 cm³/mol. The molecule has 0 fully saturated rings. The second-order valence-corrected chi connectivity index (χ2v) is 6.06. The summed E-state index contributed by atoms with van der Waals surface area (Å²) in [5, 5.41) is 9.01. The molecule has 1 N–H and O–H groups in total. The Balaban J connectivity index is 2.80. The summed E-state index contributed by atoms with van der Waals surface area (Å²) in [6.45, 7) is 0. The molecule has 1 heterocycles. The van der Waals surface area contributed by atoms with E-state index in [-0.39, 0.29) is 41.4 Å². The lowest BCUT2D eigenvalue weighted by molar-refractivity contribution is 0.0696. The van der Waals surface area contributed by atoms with Gasteiger partial charge in [-0.2, -0.15) is 0 Å². The van der Waals surface area contributed by atoms with Crippen LogP contribution in [-0.4, -0.2) is 16.1 Å². The van der Waals surface area contributed by atoms with Crippen molar-refractivity contribution in [2.75, 3.05) is 0 Å². The van der Waals surface area contributed by atoms with Crippen molar-refractivity contribution in [2.24, 2.45) is 0 Å². The van der Waals surface area contributed by atoms with Crippen LogP contribution < -0.4 is 0 Å². The Morgan fingerprint density at radius 3 is 1.86 bits per heavy atom. The SMILES string of the molecule is O=C(O)c1cc(-c2c(Cl)c(Cl)c(Cl)c(Cl)c2Cl)cnc1Cl. The third-order valence-electron chi connectivity index (χ3n) is 2.57.